The highest BCUT2D eigenvalue weighted by Crippen LogP contribution is 2.25. The minimum absolute atomic E-state index is 0.339. The van der Waals surface area contributed by atoms with Crippen LogP contribution in [0.25, 0.3) is 6.08 Å². The Balaban J connectivity index is 1.49. The number of carbonyl (C=O) groups excluding carboxylic acids is 2. The van der Waals surface area contributed by atoms with Crippen molar-refractivity contribution < 1.29 is 19.1 Å². The number of rotatable bonds is 7. The van der Waals surface area contributed by atoms with Crippen molar-refractivity contribution in [1.82, 2.24) is 0 Å². The molecule has 1 fully saturated rings. The maximum atomic E-state index is 12.1. The zero-order valence-corrected chi connectivity index (χ0v) is 16.8. The Kier molecular flexibility index (Phi) is 6.89. The molecule has 0 bridgehead atoms. The molecule has 152 valence electrons. The molecule has 6 nitrogen and oxygen atoms in total. The number of esters is 1. The van der Waals surface area contributed by atoms with Crippen LogP contribution in [0.4, 0.5) is 11.4 Å². The summed E-state index contributed by atoms with van der Waals surface area (Å²) in [5.74, 6) is -0.250. The minimum Gasteiger partial charge on any atom is -0.497 e. The van der Waals surface area contributed by atoms with Gasteiger partial charge in [-0.3, -0.25) is 4.79 Å². The molecule has 0 spiro atoms. The molecule has 0 radical (unpaired) electrons. The van der Waals surface area contributed by atoms with Gasteiger partial charge in [0.1, 0.15) is 5.75 Å². The second-order valence-electron chi connectivity index (χ2n) is 6.96. The molecular weight excluding hydrogens is 368 g/mol. The number of nitrogens with one attached hydrogen (secondary N) is 1. The first-order chi connectivity index (χ1) is 14.0. The van der Waals surface area contributed by atoms with Crippen LogP contribution in [-0.4, -0.2) is 38.7 Å². The summed E-state index contributed by atoms with van der Waals surface area (Å²) in [5.41, 5.74) is 3.68. The van der Waals surface area contributed by atoms with E-state index in [9.17, 15) is 9.59 Å². The van der Waals surface area contributed by atoms with E-state index in [0.29, 0.717) is 5.75 Å². The highest BCUT2D eigenvalue weighted by Gasteiger charge is 2.14. The van der Waals surface area contributed by atoms with Crippen LogP contribution in [0.2, 0.25) is 0 Å². The van der Waals surface area contributed by atoms with Crippen LogP contribution in [0.1, 0.15) is 24.0 Å². The Bertz CT molecular complexity index is 902. The summed E-state index contributed by atoms with van der Waals surface area (Å²) in [6, 6.07) is 13.3. The number of ether oxygens (including phenoxy) is 2. The van der Waals surface area contributed by atoms with Gasteiger partial charge in [-0.15, -0.1) is 0 Å². The van der Waals surface area contributed by atoms with E-state index in [1.165, 1.54) is 24.6 Å². The largest absolute Gasteiger partial charge is 0.497 e. The fourth-order valence-electron chi connectivity index (χ4n) is 3.24. The van der Waals surface area contributed by atoms with E-state index in [-0.39, 0.29) is 12.5 Å². The highest BCUT2D eigenvalue weighted by atomic mass is 16.5. The Labute approximate surface area is 171 Å². The van der Waals surface area contributed by atoms with Crippen molar-refractivity contribution in [3.05, 3.63) is 59.7 Å². The van der Waals surface area contributed by atoms with Gasteiger partial charge in [-0.05, 0) is 67.3 Å². The predicted molar refractivity (Wildman–Crippen MR) is 114 cm³/mol. The SMILES string of the molecule is COc1cccc(/C=C/C(=O)OCC(=O)Nc2ccc(N3CCCC3)cc2C)c1. The molecule has 0 aliphatic carbocycles. The number of nitrogens with zero attached hydrogens (tertiary/aromatic N) is 1. The van der Waals surface area contributed by atoms with Crippen molar-refractivity contribution in [2.75, 3.05) is 37.0 Å². The van der Waals surface area contributed by atoms with Crippen LogP contribution in [0.5, 0.6) is 5.75 Å². The molecule has 0 saturated carbocycles. The van der Waals surface area contributed by atoms with Gasteiger partial charge < -0.3 is 19.7 Å². The van der Waals surface area contributed by atoms with Gasteiger partial charge in [-0.1, -0.05) is 12.1 Å². The molecule has 6 heteroatoms. The van der Waals surface area contributed by atoms with Crippen LogP contribution in [-0.2, 0) is 14.3 Å². The molecule has 1 aliphatic heterocycles. The molecule has 0 aromatic heterocycles. The zero-order chi connectivity index (χ0) is 20.6. The van der Waals surface area contributed by atoms with Crippen LogP contribution in [0.3, 0.4) is 0 Å². The lowest BCUT2D eigenvalue weighted by molar-refractivity contribution is -0.142. The normalized spacial score (nSPS) is 13.5. The van der Waals surface area contributed by atoms with E-state index in [2.05, 4.69) is 16.3 Å². The Morgan fingerprint density at radius 2 is 1.93 bits per heavy atom. The lowest BCUT2D eigenvalue weighted by atomic mass is 10.1. The Morgan fingerprint density at radius 1 is 1.14 bits per heavy atom. The highest BCUT2D eigenvalue weighted by molar-refractivity contribution is 5.95. The first-order valence-electron chi connectivity index (χ1n) is 9.69. The summed E-state index contributed by atoms with van der Waals surface area (Å²) in [5, 5.41) is 2.80. The molecule has 1 amide bonds. The fourth-order valence-corrected chi connectivity index (χ4v) is 3.24. The van der Waals surface area contributed by atoms with Gasteiger partial charge in [0.15, 0.2) is 6.61 Å². The van der Waals surface area contributed by atoms with E-state index in [0.717, 1.165) is 29.9 Å². The van der Waals surface area contributed by atoms with Crippen molar-refractivity contribution in [1.29, 1.82) is 0 Å². The quantitative estimate of drug-likeness (QED) is 0.572. The lowest BCUT2D eigenvalue weighted by Crippen LogP contribution is -2.21. The number of hydrogen-bond acceptors (Lipinski definition) is 5. The van der Waals surface area contributed by atoms with Crippen LogP contribution in [0, 0.1) is 6.92 Å². The third kappa shape index (κ3) is 5.85. The van der Waals surface area contributed by atoms with Crippen molar-refractivity contribution >= 4 is 29.3 Å². The summed E-state index contributed by atoms with van der Waals surface area (Å²) in [7, 11) is 1.58. The molecular formula is C23H26N2O4. The number of methoxy groups -OCH3 is 1. The molecule has 3 rings (SSSR count). The predicted octanol–water partition coefficient (Wildman–Crippen LogP) is 3.80. The molecule has 2 aromatic rings. The van der Waals surface area contributed by atoms with Crippen molar-refractivity contribution in [2.24, 2.45) is 0 Å². The molecule has 29 heavy (non-hydrogen) atoms. The Hall–Kier alpha value is -3.28. The molecule has 1 N–H and O–H groups in total. The summed E-state index contributed by atoms with van der Waals surface area (Å²) in [6.45, 7) is 3.77. The van der Waals surface area contributed by atoms with Gasteiger partial charge in [0.05, 0.1) is 7.11 Å². The van der Waals surface area contributed by atoms with Gasteiger partial charge in [-0.25, -0.2) is 4.79 Å². The molecule has 0 unspecified atom stereocenters. The van der Waals surface area contributed by atoms with Gasteiger partial charge in [0, 0.05) is 30.5 Å². The topological polar surface area (TPSA) is 67.9 Å². The summed E-state index contributed by atoms with van der Waals surface area (Å²) in [6.07, 6.45) is 5.34. The third-order valence-corrected chi connectivity index (χ3v) is 4.81. The van der Waals surface area contributed by atoms with Crippen molar-refractivity contribution in [3.63, 3.8) is 0 Å². The maximum Gasteiger partial charge on any atom is 0.331 e. The summed E-state index contributed by atoms with van der Waals surface area (Å²) < 4.78 is 10.2. The van der Waals surface area contributed by atoms with Crippen LogP contribution < -0.4 is 15.0 Å². The van der Waals surface area contributed by atoms with E-state index in [1.807, 2.05) is 37.3 Å². The number of carbonyl (C=O) groups is 2. The number of anilines is 2. The fraction of sp³-hybridized carbons (Fsp3) is 0.304. The summed E-state index contributed by atoms with van der Waals surface area (Å²) in [4.78, 5) is 26.3. The van der Waals surface area contributed by atoms with Crippen LogP contribution in [0.15, 0.2) is 48.5 Å². The van der Waals surface area contributed by atoms with Gasteiger partial charge in [-0.2, -0.15) is 0 Å². The van der Waals surface area contributed by atoms with E-state index in [4.69, 9.17) is 9.47 Å². The van der Waals surface area contributed by atoms with Crippen molar-refractivity contribution in [2.45, 2.75) is 19.8 Å². The first kappa shape index (κ1) is 20.5. The number of benzene rings is 2. The number of hydrogen-bond donors (Lipinski definition) is 1. The second-order valence-corrected chi connectivity index (χ2v) is 6.96. The van der Waals surface area contributed by atoms with E-state index < -0.39 is 5.97 Å². The standard InChI is InChI=1S/C23H26N2O4/c1-17-14-19(25-12-3-4-13-25)9-10-21(17)24-22(26)16-29-23(27)11-8-18-6-5-7-20(15-18)28-2/h5-11,14-15H,3-4,12-13,16H2,1-2H3,(H,24,26)/b11-8+. The smallest absolute Gasteiger partial charge is 0.331 e. The lowest BCUT2D eigenvalue weighted by Gasteiger charge is -2.19. The first-order valence-corrected chi connectivity index (χ1v) is 9.69. The van der Waals surface area contributed by atoms with E-state index in [1.54, 1.807) is 19.3 Å². The summed E-state index contributed by atoms with van der Waals surface area (Å²) >= 11 is 0. The number of aryl methyl sites for hydroxylation is 1. The molecule has 0 atom stereocenters. The number of amides is 1. The van der Waals surface area contributed by atoms with E-state index >= 15 is 0 Å². The van der Waals surface area contributed by atoms with Gasteiger partial charge in [0.25, 0.3) is 5.91 Å². The Morgan fingerprint density at radius 3 is 2.66 bits per heavy atom. The van der Waals surface area contributed by atoms with Crippen LogP contribution >= 0.6 is 0 Å². The molecule has 2 aromatic carbocycles. The molecule has 1 heterocycles. The average Bonchev–Trinajstić information content (AvgIpc) is 3.27. The third-order valence-electron chi connectivity index (χ3n) is 4.81. The molecule has 1 saturated heterocycles. The monoisotopic (exact) mass is 394 g/mol. The maximum absolute atomic E-state index is 12.1. The van der Waals surface area contributed by atoms with Crippen molar-refractivity contribution in [3.8, 4) is 5.75 Å². The second kappa shape index (κ2) is 9.78. The average molecular weight is 394 g/mol. The minimum atomic E-state index is -0.580. The van der Waals surface area contributed by atoms with Gasteiger partial charge in [0.2, 0.25) is 0 Å². The van der Waals surface area contributed by atoms with Gasteiger partial charge >= 0.3 is 5.97 Å². The molecule has 1 aliphatic rings. The zero-order valence-electron chi connectivity index (χ0n) is 16.8.